The molecule has 3 aromatic rings. The third kappa shape index (κ3) is 4.13. The highest BCUT2D eigenvalue weighted by atomic mass is 19.2. The number of hydrogen-bond donors (Lipinski definition) is 0. The Bertz CT molecular complexity index is 1280. The van der Waals surface area contributed by atoms with Crippen LogP contribution in [0.25, 0.3) is 11.3 Å². The van der Waals surface area contributed by atoms with E-state index < -0.39 is 23.6 Å². The van der Waals surface area contributed by atoms with Crippen molar-refractivity contribution in [2.24, 2.45) is 5.16 Å². The van der Waals surface area contributed by atoms with Gasteiger partial charge in [0.05, 0.1) is 31.4 Å². The maximum absolute atomic E-state index is 13.7. The number of halogens is 3. The molecule has 0 fully saturated rings. The lowest BCUT2D eigenvalue weighted by Crippen LogP contribution is -2.38. The predicted octanol–water partition coefficient (Wildman–Crippen LogP) is 5.17. The zero-order chi connectivity index (χ0) is 23.8. The largest absolute Gasteiger partial charge is 0.495 e. The zero-order valence-electron chi connectivity index (χ0n) is 18.8. The van der Waals surface area contributed by atoms with Crippen molar-refractivity contribution < 1.29 is 22.7 Å². The number of fused-ring (bicyclic) bond motifs is 1. The molecule has 6 nitrogen and oxygen atoms in total. The third-order valence-corrected chi connectivity index (χ3v) is 6.08. The number of nitrogens with zero attached hydrogens (tertiary/aromatic N) is 4. The molecule has 9 heteroatoms. The van der Waals surface area contributed by atoms with Gasteiger partial charge in [-0.1, -0.05) is 11.2 Å². The van der Waals surface area contributed by atoms with Gasteiger partial charge in [0, 0.05) is 18.3 Å². The van der Waals surface area contributed by atoms with Crippen molar-refractivity contribution in [3.05, 3.63) is 83.2 Å². The summed E-state index contributed by atoms with van der Waals surface area (Å²) >= 11 is 0. The lowest BCUT2D eigenvalue weighted by atomic mass is 10.0. The number of aromatic nitrogens is 2. The second-order valence-electron chi connectivity index (χ2n) is 8.37. The molecule has 5 rings (SSSR count). The van der Waals surface area contributed by atoms with Gasteiger partial charge in [0.1, 0.15) is 5.75 Å². The molecular weight excluding hydrogens is 445 g/mol. The number of imidazole rings is 1. The predicted molar refractivity (Wildman–Crippen MR) is 121 cm³/mol. The van der Waals surface area contributed by atoms with Gasteiger partial charge in [-0.15, -0.1) is 0 Å². The van der Waals surface area contributed by atoms with E-state index in [9.17, 15) is 13.2 Å². The van der Waals surface area contributed by atoms with Crippen LogP contribution < -0.4 is 4.74 Å². The minimum Gasteiger partial charge on any atom is -0.495 e. The van der Waals surface area contributed by atoms with Crippen LogP contribution in [-0.4, -0.2) is 40.5 Å². The molecule has 1 atom stereocenters. The van der Waals surface area contributed by atoms with Crippen LogP contribution in [0.5, 0.6) is 5.75 Å². The molecule has 3 heterocycles. The fourth-order valence-corrected chi connectivity index (χ4v) is 4.31. The minimum atomic E-state index is -1.49. The topological polar surface area (TPSA) is 51.9 Å². The van der Waals surface area contributed by atoms with Gasteiger partial charge in [0.25, 0.3) is 0 Å². The molecule has 0 saturated carbocycles. The van der Waals surface area contributed by atoms with Gasteiger partial charge in [-0.05, 0) is 61.2 Å². The van der Waals surface area contributed by atoms with Crippen LogP contribution in [0.3, 0.4) is 0 Å². The van der Waals surface area contributed by atoms with E-state index in [1.807, 2.05) is 46.9 Å². The van der Waals surface area contributed by atoms with Crippen LogP contribution in [0.4, 0.5) is 13.2 Å². The molecule has 0 bridgehead atoms. The lowest BCUT2D eigenvalue weighted by molar-refractivity contribution is 0.0205. The van der Waals surface area contributed by atoms with Crippen molar-refractivity contribution in [2.45, 2.75) is 25.9 Å². The summed E-state index contributed by atoms with van der Waals surface area (Å²) in [7, 11) is 1.63. The van der Waals surface area contributed by atoms with E-state index >= 15 is 0 Å². The second-order valence-corrected chi connectivity index (χ2v) is 8.37. The monoisotopic (exact) mass is 468 g/mol. The summed E-state index contributed by atoms with van der Waals surface area (Å²) in [4.78, 5) is 11.9. The molecule has 0 spiro atoms. The smallest absolute Gasteiger partial charge is 0.194 e. The molecule has 34 heavy (non-hydrogen) atoms. The van der Waals surface area contributed by atoms with Gasteiger partial charge in [0.15, 0.2) is 29.4 Å². The highest BCUT2D eigenvalue weighted by molar-refractivity contribution is 6.00. The summed E-state index contributed by atoms with van der Waals surface area (Å²) < 4.78 is 48.3. The van der Waals surface area contributed by atoms with Gasteiger partial charge in [-0.3, -0.25) is 0 Å². The van der Waals surface area contributed by atoms with E-state index in [1.54, 1.807) is 13.4 Å². The normalized spacial score (nSPS) is 17.9. The summed E-state index contributed by atoms with van der Waals surface area (Å²) in [5.41, 5.74) is 4.10. The Hall–Kier alpha value is -3.75. The molecule has 0 amide bonds. The average molecular weight is 468 g/mol. The van der Waals surface area contributed by atoms with E-state index in [-0.39, 0.29) is 5.56 Å². The van der Waals surface area contributed by atoms with Crippen molar-refractivity contribution >= 4 is 11.4 Å². The third-order valence-electron chi connectivity index (χ3n) is 6.08. The van der Waals surface area contributed by atoms with Gasteiger partial charge in [0.2, 0.25) is 0 Å². The number of allylic oxidation sites excluding steroid dienone is 1. The Morgan fingerprint density at radius 2 is 1.91 bits per heavy atom. The first kappa shape index (κ1) is 22.1. The standard InChI is InChI=1S/C25H23F3N4O2/c1-15-12-32(14-29-15)21-6-5-17(10-22(21)33-2)16-4-3-7-31-13-23(34-30-24(31)11-16)18-8-19(26)25(28)20(27)9-18/h5-6,8-12,14,23H,3-4,7,13H2,1-2H3/t23-/m0/s1. The molecule has 0 aliphatic carbocycles. The molecule has 2 aliphatic heterocycles. The van der Waals surface area contributed by atoms with E-state index in [0.29, 0.717) is 18.9 Å². The highest BCUT2D eigenvalue weighted by Crippen LogP contribution is 2.33. The molecule has 0 saturated heterocycles. The molecule has 2 aliphatic rings. The Morgan fingerprint density at radius 3 is 2.62 bits per heavy atom. The summed E-state index contributed by atoms with van der Waals surface area (Å²) in [6, 6.07) is 7.93. The maximum Gasteiger partial charge on any atom is 0.194 e. The average Bonchev–Trinajstić information content (AvgIpc) is 3.15. The Balaban J connectivity index is 1.42. The molecule has 0 radical (unpaired) electrons. The quantitative estimate of drug-likeness (QED) is 0.496. The Morgan fingerprint density at radius 1 is 1.12 bits per heavy atom. The Kier molecular flexibility index (Phi) is 5.77. The summed E-state index contributed by atoms with van der Waals surface area (Å²) in [6.07, 6.45) is 6.62. The van der Waals surface area contributed by atoms with E-state index in [4.69, 9.17) is 9.57 Å². The van der Waals surface area contributed by atoms with Crippen molar-refractivity contribution in [3.8, 4) is 11.4 Å². The van der Waals surface area contributed by atoms with Gasteiger partial charge in [-0.2, -0.15) is 0 Å². The summed E-state index contributed by atoms with van der Waals surface area (Å²) in [6.45, 7) is 2.99. The molecular formula is C25H23F3N4O2. The first-order chi connectivity index (χ1) is 16.4. The van der Waals surface area contributed by atoms with Gasteiger partial charge < -0.3 is 19.0 Å². The Labute approximate surface area is 194 Å². The first-order valence-electron chi connectivity index (χ1n) is 11.0. The molecule has 176 valence electrons. The zero-order valence-corrected chi connectivity index (χ0v) is 18.8. The van der Waals surface area contributed by atoms with Crippen LogP contribution in [0.2, 0.25) is 0 Å². The van der Waals surface area contributed by atoms with E-state index in [2.05, 4.69) is 10.1 Å². The molecule has 0 unspecified atom stereocenters. The van der Waals surface area contributed by atoms with Crippen molar-refractivity contribution in [1.82, 2.24) is 14.5 Å². The summed E-state index contributed by atoms with van der Waals surface area (Å²) in [5.74, 6) is -2.61. The molecule has 1 aromatic heterocycles. The number of methoxy groups -OCH3 is 1. The number of ether oxygens (including phenoxy) is 1. The van der Waals surface area contributed by atoms with Gasteiger partial charge in [-0.25, -0.2) is 18.2 Å². The number of amidine groups is 1. The highest BCUT2D eigenvalue weighted by Gasteiger charge is 2.28. The fraction of sp³-hybridized carbons (Fsp3) is 0.280. The van der Waals surface area contributed by atoms with Crippen molar-refractivity contribution in [1.29, 1.82) is 0 Å². The maximum atomic E-state index is 13.7. The minimum absolute atomic E-state index is 0.211. The van der Waals surface area contributed by atoms with Crippen LogP contribution in [-0.2, 0) is 4.84 Å². The number of oxime groups is 1. The van der Waals surface area contributed by atoms with Crippen molar-refractivity contribution in [2.75, 3.05) is 20.2 Å². The number of aryl methyl sites for hydroxylation is 1. The molecule has 2 aromatic carbocycles. The SMILES string of the molecule is COc1cc(C2=CC3=NO[C@H](c4cc(F)c(F)c(F)c4)CN3CCC2)ccc1-n1cnc(C)c1. The van der Waals surface area contributed by atoms with Crippen molar-refractivity contribution in [3.63, 3.8) is 0 Å². The number of benzene rings is 2. The van der Waals surface area contributed by atoms with E-state index in [1.165, 1.54) is 0 Å². The van der Waals surface area contributed by atoms with Crippen LogP contribution in [0.15, 0.2) is 54.1 Å². The van der Waals surface area contributed by atoms with Gasteiger partial charge >= 0.3 is 0 Å². The first-order valence-corrected chi connectivity index (χ1v) is 11.0. The number of rotatable bonds is 4. The molecule has 0 N–H and O–H groups in total. The van der Waals surface area contributed by atoms with Crippen LogP contribution in [0.1, 0.15) is 35.8 Å². The number of hydrogen-bond acceptors (Lipinski definition) is 5. The lowest BCUT2D eigenvalue weighted by Gasteiger charge is -2.31. The summed E-state index contributed by atoms with van der Waals surface area (Å²) in [5, 5.41) is 4.22. The van der Waals surface area contributed by atoms with E-state index in [0.717, 1.165) is 53.2 Å². The van der Waals surface area contributed by atoms with Crippen LogP contribution in [0, 0.1) is 24.4 Å². The fourth-order valence-electron chi connectivity index (χ4n) is 4.31. The van der Waals surface area contributed by atoms with Crippen LogP contribution >= 0.6 is 0 Å². The second kappa shape index (κ2) is 8.89.